The van der Waals surface area contributed by atoms with E-state index >= 15 is 0 Å². The Labute approximate surface area is 179 Å². The quantitative estimate of drug-likeness (QED) is 0.677. The van der Waals surface area contributed by atoms with Gasteiger partial charge in [0.1, 0.15) is 12.3 Å². The smallest absolute Gasteiger partial charge is 0.265 e. The summed E-state index contributed by atoms with van der Waals surface area (Å²) < 4.78 is 5.59. The molecule has 2 amide bonds. The zero-order valence-corrected chi connectivity index (χ0v) is 18.2. The summed E-state index contributed by atoms with van der Waals surface area (Å²) in [6, 6.07) is 11.4. The van der Waals surface area contributed by atoms with Crippen LogP contribution < -0.4 is 15.0 Å². The summed E-state index contributed by atoms with van der Waals surface area (Å²) in [5, 5.41) is 3.91. The molecule has 0 unspecified atom stereocenters. The summed E-state index contributed by atoms with van der Waals surface area (Å²) in [6.45, 7) is 7.78. The third-order valence-corrected chi connectivity index (χ3v) is 6.15. The maximum atomic E-state index is 12.8. The highest BCUT2D eigenvalue weighted by Gasteiger charge is 2.28. The van der Waals surface area contributed by atoms with E-state index in [1.54, 1.807) is 11.3 Å². The molecule has 1 aliphatic rings. The molecule has 0 fully saturated rings. The number of nitrogens with one attached hydrogen (secondary N) is 1. The van der Waals surface area contributed by atoms with Gasteiger partial charge in [-0.15, -0.1) is 11.3 Å². The first-order chi connectivity index (χ1) is 14.3. The highest BCUT2D eigenvalue weighted by atomic mass is 32.1. The molecule has 0 radical (unpaired) electrons. The number of amides is 2. The van der Waals surface area contributed by atoms with Crippen molar-refractivity contribution in [2.45, 2.75) is 27.7 Å². The Balaban J connectivity index is 1.62. The maximum absolute atomic E-state index is 12.8. The summed E-state index contributed by atoms with van der Waals surface area (Å²) >= 11 is 1.63. The lowest BCUT2D eigenvalue weighted by atomic mass is 10.1. The Kier molecular flexibility index (Phi) is 5.30. The number of hydrogen-bond donors (Lipinski definition) is 1. The van der Waals surface area contributed by atoms with E-state index in [0.29, 0.717) is 11.4 Å². The molecule has 1 aromatic heterocycles. The molecule has 154 valence electrons. The van der Waals surface area contributed by atoms with Gasteiger partial charge >= 0.3 is 0 Å². The van der Waals surface area contributed by atoms with Crippen LogP contribution in [0.25, 0.3) is 11.3 Å². The normalized spacial score (nSPS) is 13.1. The van der Waals surface area contributed by atoms with Crippen LogP contribution in [0, 0.1) is 27.7 Å². The molecular weight excluding hydrogens is 398 g/mol. The Morgan fingerprint density at radius 3 is 2.73 bits per heavy atom. The maximum Gasteiger partial charge on any atom is 0.265 e. The number of nitrogens with zero attached hydrogens (tertiary/aromatic N) is 2. The lowest BCUT2D eigenvalue weighted by molar-refractivity contribution is -0.123. The molecule has 4 rings (SSSR count). The number of aromatic nitrogens is 1. The zero-order chi connectivity index (χ0) is 21.4. The summed E-state index contributed by atoms with van der Waals surface area (Å²) in [5.74, 6) is 0.0837. The van der Waals surface area contributed by atoms with E-state index < -0.39 is 0 Å². The number of rotatable bonds is 4. The molecule has 0 spiro atoms. The first kappa shape index (κ1) is 20.1. The van der Waals surface area contributed by atoms with Gasteiger partial charge in [-0.3, -0.25) is 14.5 Å². The third kappa shape index (κ3) is 3.80. The van der Waals surface area contributed by atoms with Crippen LogP contribution in [0.1, 0.15) is 21.0 Å². The number of carbonyl (C=O) groups is 2. The molecule has 7 heteroatoms. The van der Waals surface area contributed by atoms with Gasteiger partial charge in [0, 0.05) is 16.1 Å². The largest absolute Gasteiger partial charge is 0.482 e. The lowest BCUT2D eigenvalue weighted by Gasteiger charge is -2.29. The van der Waals surface area contributed by atoms with Crippen molar-refractivity contribution < 1.29 is 14.3 Å². The molecule has 3 aromatic rings. The van der Waals surface area contributed by atoms with Gasteiger partial charge in [0.15, 0.2) is 6.61 Å². The monoisotopic (exact) mass is 421 g/mol. The van der Waals surface area contributed by atoms with Crippen molar-refractivity contribution in [3.8, 4) is 17.0 Å². The number of anilines is 2. The molecule has 1 aliphatic heterocycles. The van der Waals surface area contributed by atoms with Crippen LogP contribution in [0.5, 0.6) is 5.75 Å². The fourth-order valence-electron chi connectivity index (χ4n) is 3.54. The highest BCUT2D eigenvalue weighted by molar-refractivity contribution is 7.11. The van der Waals surface area contributed by atoms with Crippen LogP contribution in [-0.4, -0.2) is 29.9 Å². The summed E-state index contributed by atoms with van der Waals surface area (Å²) in [7, 11) is 0. The first-order valence-corrected chi connectivity index (χ1v) is 10.5. The Morgan fingerprint density at radius 2 is 2.00 bits per heavy atom. The molecule has 6 nitrogen and oxygen atoms in total. The minimum atomic E-state index is -0.254. The minimum Gasteiger partial charge on any atom is -0.482 e. The van der Waals surface area contributed by atoms with Gasteiger partial charge in [0.05, 0.1) is 16.4 Å². The molecule has 0 saturated carbocycles. The van der Waals surface area contributed by atoms with E-state index in [1.807, 2.05) is 64.1 Å². The molecule has 2 aromatic carbocycles. The topological polar surface area (TPSA) is 71.5 Å². The van der Waals surface area contributed by atoms with Gasteiger partial charge in [-0.05, 0) is 63.1 Å². The van der Waals surface area contributed by atoms with E-state index in [2.05, 4.69) is 10.3 Å². The minimum absolute atomic E-state index is 0.0822. The van der Waals surface area contributed by atoms with Gasteiger partial charge in [-0.1, -0.05) is 12.1 Å². The van der Waals surface area contributed by atoms with E-state index in [-0.39, 0.29) is 25.0 Å². The zero-order valence-electron chi connectivity index (χ0n) is 17.4. The second-order valence-electron chi connectivity index (χ2n) is 7.38. The van der Waals surface area contributed by atoms with E-state index in [4.69, 9.17) is 4.74 Å². The van der Waals surface area contributed by atoms with Crippen molar-refractivity contribution in [3.63, 3.8) is 0 Å². The fourth-order valence-corrected chi connectivity index (χ4v) is 4.38. The lowest BCUT2D eigenvalue weighted by Crippen LogP contribution is -2.43. The molecule has 0 bridgehead atoms. The molecule has 0 saturated heterocycles. The predicted molar refractivity (Wildman–Crippen MR) is 119 cm³/mol. The van der Waals surface area contributed by atoms with Crippen molar-refractivity contribution in [2.75, 3.05) is 23.4 Å². The average molecular weight is 422 g/mol. The first-order valence-electron chi connectivity index (χ1n) is 9.71. The van der Waals surface area contributed by atoms with Crippen LogP contribution in [0.4, 0.5) is 11.4 Å². The van der Waals surface area contributed by atoms with Gasteiger partial charge in [-0.2, -0.15) is 0 Å². The molecular formula is C23H23N3O3S. The number of benzene rings is 2. The van der Waals surface area contributed by atoms with E-state index in [0.717, 1.165) is 38.0 Å². The second kappa shape index (κ2) is 7.91. The molecule has 30 heavy (non-hydrogen) atoms. The number of thiazole rings is 1. The number of fused-ring (bicyclic) bond motifs is 1. The summed E-state index contributed by atoms with van der Waals surface area (Å²) in [5.41, 5.74) is 5.23. The molecule has 1 N–H and O–H groups in total. The SMILES string of the molecule is Cc1nc(-c2ccc3c(c2)N(CC(=O)Nc2cccc(C)c2C)C(=O)CO3)c(C)s1. The van der Waals surface area contributed by atoms with Crippen LogP contribution in [0.15, 0.2) is 36.4 Å². The number of ether oxygens (including phenoxy) is 1. The number of aryl methyl sites for hydroxylation is 3. The summed E-state index contributed by atoms with van der Waals surface area (Å²) in [4.78, 5) is 32.5. The highest BCUT2D eigenvalue weighted by Crippen LogP contribution is 2.37. The molecule has 0 aliphatic carbocycles. The van der Waals surface area contributed by atoms with Crippen LogP contribution in [-0.2, 0) is 9.59 Å². The standard InChI is InChI=1S/C23H23N3O3S/c1-13-6-5-7-18(14(13)2)25-21(27)11-26-19-10-17(23-15(3)30-16(4)24-23)8-9-20(19)29-12-22(26)28/h5-10H,11-12H2,1-4H3,(H,25,27). The number of carbonyl (C=O) groups excluding carboxylic acids is 2. The van der Waals surface area contributed by atoms with Gasteiger partial charge in [-0.25, -0.2) is 4.98 Å². The van der Waals surface area contributed by atoms with Crippen LogP contribution in [0.3, 0.4) is 0 Å². The van der Waals surface area contributed by atoms with Crippen LogP contribution in [0.2, 0.25) is 0 Å². The van der Waals surface area contributed by atoms with Gasteiger partial charge < -0.3 is 10.1 Å². The van der Waals surface area contributed by atoms with E-state index in [1.165, 1.54) is 4.90 Å². The number of hydrogen-bond acceptors (Lipinski definition) is 5. The van der Waals surface area contributed by atoms with Crippen LogP contribution >= 0.6 is 11.3 Å². The Morgan fingerprint density at radius 1 is 1.20 bits per heavy atom. The Hall–Kier alpha value is -3.19. The third-order valence-electron chi connectivity index (χ3n) is 5.26. The Bertz CT molecular complexity index is 1150. The average Bonchev–Trinajstić information content (AvgIpc) is 3.05. The van der Waals surface area contributed by atoms with Crippen molar-refractivity contribution in [2.24, 2.45) is 0 Å². The van der Waals surface area contributed by atoms with E-state index in [9.17, 15) is 9.59 Å². The molecule has 2 heterocycles. The van der Waals surface area contributed by atoms with Crippen molar-refractivity contribution in [3.05, 3.63) is 57.4 Å². The predicted octanol–water partition coefficient (Wildman–Crippen LogP) is 4.41. The molecule has 0 atom stereocenters. The van der Waals surface area contributed by atoms with Gasteiger partial charge in [0.25, 0.3) is 5.91 Å². The fraction of sp³-hybridized carbons (Fsp3) is 0.261. The van der Waals surface area contributed by atoms with Gasteiger partial charge in [0.2, 0.25) is 5.91 Å². The van der Waals surface area contributed by atoms with Crippen molar-refractivity contribution >= 4 is 34.5 Å². The second-order valence-corrected chi connectivity index (χ2v) is 8.79. The summed E-state index contributed by atoms with van der Waals surface area (Å²) in [6.07, 6.45) is 0. The van der Waals surface area contributed by atoms with Crippen molar-refractivity contribution in [1.82, 2.24) is 4.98 Å². The van der Waals surface area contributed by atoms with Crippen molar-refractivity contribution in [1.29, 1.82) is 0 Å².